The first-order valence-corrected chi connectivity index (χ1v) is 6.98. The van der Waals surface area contributed by atoms with Crippen molar-refractivity contribution in [3.63, 3.8) is 0 Å². The topological polar surface area (TPSA) is 92.5 Å². The van der Waals surface area contributed by atoms with E-state index in [0.29, 0.717) is 19.5 Å². The molecule has 3 N–H and O–H groups in total. The Balaban J connectivity index is 2.52. The number of amides is 2. The lowest BCUT2D eigenvalue weighted by molar-refractivity contribution is -0.129. The van der Waals surface area contributed by atoms with Crippen LogP contribution < -0.4 is 11.1 Å². The number of ketones is 1. The van der Waals surface area contributed by atoms with Gasteiger partial charge in [-0.15, -0.1) is 0 Å². The quantitative estimate of drug-likeness (QED) is 0.713. The first kappa shape index (κ1) is 16.6. The minimum Gasteiger partial charge on any atom is -0.369 e. The second-order valence-corrected chi connectivity index (χ2v) is 6.29. The summed E-state index contributed by atoms with van der Waals surface area (Å²) in [6.07, 6.45) is 0.663. The Bertz CT molecular complexity index is 408. The minimum absolute atomic E-state index is 0.0447. The molecule has 0 aromatic heterocycles. The number of hydrogen-bond acceptors (Lipinski definition) is 4. The van der Waals surface area contributed by atoms with Crippen LogP contribution in [-0.2, 0) is 14.4 Å². The second kappa shape index (κ2) is 6.35. The molecule has 0 radical (unpaired) electrons. The summed E-state index contributed by atoms with van der Waals surface area (Å²) in [6, 6.07) is -0.451. The van der Waals surface area contributed by atoms with Gasteiger partial charge in [0.15, 0.2) is 5.78 Å². The molecule has 6 nitrogen and oxygen atoms in total. The maximum absolute atomic E-state index is 12.0. The molecule has 1 aliphatic heterocycles. The molecule has 0 bridgehead atoms. The van der Waals surface area contributed by atoms with Gasteiger partial charge in [0.1, 0.15) is 0 Å². The summed E-state index contributed by atoms with van der Waals surface area (Å²) in [5.41, 5.74) is 4.82. The van der Waals surface area contributed by atoms with E-state index in [1.807, 2.05) is 25.7 Å². The average molecular weight is 283 g/mol. The van der Waals surface area contributed by atoms with Crippen molar-refractivity contribution >= 4 is 17.6 Å². The van der Waals surface area contributed by atoms with Crippen LogP contribution in [0.3, 0.4) is 0 Å². The van der Waals surface area contributed by atoms with E-state index >= 15 is 0 Å². The molecule has 0 aromatic rings. The van der Waals surface area contributed by atoms with Gasteiger partial charge in [0.05, 0.1) is 18.0 Å². The molecule has 6 heteroatoms. The van der Waals surface area contributed by atoms with Gasteiger partial charge >= 0.3 is 0 Å². The summed E-state index contributed by atoms with van der Waals surface area (Å²) in [5, 5.41) is 2.75. The number of likely N-dealkylation sites (tertiary alicyclic amines) is 1. The van der Waals surface area contributed by atoms with Gasteiger partial charge in [-0.3, -0.25) is 19.3 Å². The van der Waals surface area contributed by atoms with Gasteiger partial charge in [-0.2, -0.15) is 0 Å². The number of carbonyl (C=O) groups is 3. The Kier molecular flexibility index (Phi) is 5.28. The van der Waals surface area contributed by atoms with E-state index < -0.39 is 11.5 Å². The molecule has 2 atom stereocenters. The van der Waals surface area contributed by atoms with Crippen LogP contribution in [0.1, 0.15) is 34.1 Å². The monoisotopic (exact) mass is 283 g/mol. The van der Waals surface area contributed by atoms with Gasteiger partial charge in [0, 0.05) is 6.54 Å². The zero-order chi connectivity index (χ0) is 15.5. The predicted octanol–water partition coefficient (Wildman–Crippen LogP) is -0.0865. The third-order valence-electron chi connectivity index (χ3n) is 3.94. The largest absolute Gasteiger partial charge is 0.369 e. The van der Waals surface area contributed by atoms with E-state index in [2.05, 4.69) is 5.32 Å². The number of carbonyl (C=O) groups excluding carboxylic acids is 3. The standard InChI is InChI=1S/C14H25N3O3/c1-9(2)12(10(3)18)16-11(19)7-17-6-5-14(4,8-17)13(15)20/h9,12H,5-8H2,1-4H3,(H2,15,20)(H,16,19). The summed E-state index contributed by atoms with van der Waals surface area (Å²) >= 11 is 0. The molecule has 1 saturated heterocycles. The maximum Gasteiger partial charge on any atom is 0.234 e. The third-order valence-corrected chi connectivity index (χ3v) is 3.94. The predicted molar refractivity (Wildman–Crippen MR) is 75.8 cm³/mol. The van der Waals surface area contributed by atoms with Gasteiger partial charge in [-0.1, -0.05) is 13.8 Å². The lowest BCUT2D eigenvalue weighted by Gasteiger charge is -2.23. The van der Waals surface area contributed by atoms with Crippen molar-refractivity contribution < 1.29 is 14.4 Å². The summed E-state index contributed by atoms with van der Waals surface area (Å²) in [5.74, 6) is -0.500. The van der Waals surface area contributed by atoms with Crippen molar-refractivity contribution in [2.24, 2.45) is 17.1 Å². The van der Waals surface area contributed by atoms with Gasteiger partial charge < -0.3 is 11.1 Å². The van der Waals surface area contributed by atoms with Gasteiger partial charge in [-0.05, 0) is 32.7 Å². The molecule has 2 amide bonds. The van der Waals surface area contributed by atoms with E-state index in [1.54, 1.807) is 0 Å². The molecule has 1 rings (SSSR count). The zero-order valence-electron chi connectivity index (χ0n) is 12.7. The van der Waals surface area contributed by atoms with Crippen molar-refractivity contribution in [3.05, 3.63) is 0 Å². The normalized spacial score (nSPS) is 24.6. The molecule has 0 spiro atoms. The molecule has 0 aliphatic carbocycles. The Morgan fingerprint density at radius 1 is 1.35 bits per heavy atom. The SMILES string of the molecule is CC(=O)C(NC(=O)CN1CCC(C)(C(N)=O)C1)C(C)C. The highest BCUT2D eigenvalue weighted by molar-refractivity contribution is 5.88. The van der Waals surface area contributed by atoms with Crippen LogP contribution in [0, 0.1) is 11.3 Å². The first-order chi connectivity index (χ1) is 9.15. The Morgan fingerprint density at radius 2 is 1.95 bits per heavy atom. The van der Waals surface area contributed by atoms with Gasteiger partial charge in [0.2, 0.25) is 11.8 Å². The van der Waals surface area contributed by atoms with E-state index in [-0.39, 0.29) is 30.1 Å². The Hall–Kier alpha value is -1.43. The van der Waals surface area contributed by atoms with E-state index in [0.717, 1.165) is 0 Å². The number of Topliss-reactive ketones (excluding diaryl/α,β-unsaturated/α-hetero) is 1. The molecule has 1 fully saturated rings. The number of nitrogens with zero attached hydrogens (tertiary/aromatic N) is 1. The molecule has 1 aliphatic rings. The maximum atomic E-state index is 12.0. The molecule has 1 heterocycles. The molecule has 0 saturated carbocycles. The lowest BCUT2D eigenvalue weighted by Crippen LogP contribution is -2.47. The van der Waals surface area contributed by atoms with E-state index in [4.69, 9.17) is 5.73 Å². The Morgan fingerprint density at radius 3 is 2.35 bits per heavy atom. The highest BCUT2D eigenvalue weighted by Gasteiger charge is 2.39. The summed E-state index contributed by atoms with van der Waals surface area (Å²) in [6.45, 7) is 8.43. The molecular weight excluding hydrogens is 258 g/mol. The number of nitrogens with one attached hydrogen (secondary N) is 1. The number of nitrogens with two attached hydrogens (primary N) is 1. The Labute approximate surface area is 120 Å². The third kappa shape index (κ3) is 4.03. The number of rotatable bonds is 6. The van der Waals surface area contributed by atoms with Gasteiger partial charge in [0.25, 0.3) is 0 Å². The fourth-order valence-corrected chi connectivity index (χ4v) is 2.55. The van der Waals surface area contributed by atoms with E-state index in [1.165, 1.54) is 6.92 Å². The molecule has 20 heavy (non-hydrogen) atoms. The van der Waals surface area contributed by atoms with Gasteiger partial charge in [-0.25, -0.2) is 0 Å². The smallest absolute Gasteiger partial charge is 0.234 e. The van der Waals surface area contributed by atoms with Crippen LogP contribution in [0.15, 0.2) is 0 Å². The molecule has 0 aromatic carbocycles. The summed E-state index contributed by atoms with van der Waals surface area (Å²) in [7, 11) is 0. The summed E-state index contributed by atoms with van der Waals surface area (Å²) in [4.78, 5) is 36.7. The van der Waals surface area contributed by atoms with Crippen LogP contribution in [-0.4, -0.2) is 48.2 Å². The fraction of sp³-hybridized carbons (Fsp3) is 0.786. The fourth-order valence-electron chi connectivity index (χ4n) is 2.55. The summed E-state index contributed by atoms with van der Waals surface area (Å²) < 4.78 is 0. The van der Waals surface area contributed by atoms with Crippen LogP contribution in [0.5, 0.6) is 0 Å². The molecular formula is C14H25N3O3. The second-order valence-electron chi connectivity index (χ2n) is 6.29. The van der Waals surface area contributed by atoms with Crippen LogP contribution in [0.25, 0.3) is 0 Å². The molecule has 2 unspecified atom stereocenters. The van der Waals surface area contributed by atoms with Crippen molar-refractivity contribution in [2.75, 3.05) is 19.6 Å². The minimum atomic E-state index is -0.557. The van der Waals surface area contributed by atoms with Crippen molar-refractivity contribution in [1.29, 1.82) is 0 Å². The average Bonchev–Trinajstić information content (AvgIpc) is 2.68. The highest BCUT2D eigenvalue weighted by atomic mass is 16.2. The molecule has 114 valence electrons. The number of hydrogen-bond donors (Lipinski definition) is 2. The van der Waals surface area contributed by atoms with E-state index in [9.17, 15) is 14.4 Å². The van der Waals surface area contributed by atoms with Crippen LogP contribution in [0.2, 0.25) is 0 Å². The van der Waals surface area contributed by atoms with Crippen molar-refractivity contribution in [1.82, 2.24) is 10.2 Å². The van der Waals surface area contributed by atoms with Crippen LogP contribution >= 0.6 is 0 Å². The zero-order valence-corrected chi connectivity index (χ0v) is 12.7. The highest BCUT2D eigenvalue weighted by Crippen LogP contribution is 2.28. The first-order valence-electron chi connectivity index (χ1n) is 6.98. The van der Waals surface area contributed by atoms with Crippen molar-refractivity contribution in [2.45, 2.75) is 40.2 Å². The van der Waals surface area contributed by atoms with Crippen LogP contribution in [0.4, 0.5) is 0 Å². The lowest BCUT2D eigenvalue weighted by atomic mass is 9.89. The van der Waals surface area contributed by atoms with Crippen molar-refractivity contribution in [3.8, 4) is 0 Å². The number of primary amides is 1.